The number of cyclic esters (lactones) is 1. The van der Waals surface area contributed by atoms with Gasteiger partial charge >= 0.3 is 18.1 Å². The standard InChI is InChI=1S/C28H21F3N4O7/c1-27(24(36)32-25(37)41-27)13-15-3-5-16(6-4-15)14-34-21-11-18(40-28(29,30)31)8-10-20(21)35(26(34)38)23-19-9-7-17(39-2)12-22(19)42-33-23/h3-12H,13-14H2,1-2H3,(H,32,36,37)/t27-/m0/s1. The van der Waals surface area contributed by atoms with Crippen LogP contribution in [-0.4, -0.2) is 45.4 Å². The Labute approximate surface area is 234 Å². The molecule has 11 nitrogen and oxygen atoms in total. The van der Waals surface area contributed by atoms with E-state index in [1.54, 1.807) is 42.5 Å². The molecule has 42 heavy (non-hydrogen) atoms. The lowest BCUT2D eigenvalue weighted by Crippen LogP contribution is -2.38. The molecule has 1 fully saturated rings. The summed E-state index contributed by atoms with van der Waals surface area (Å²) >= 11 is 0. The maximum Gasteiger partial charge on any atom is 0.573 e. The lowest BCUT2D eigenvalue weighted by Gasteiger charge is -2.19. The van der Waals surface area contributed by atoms with E-state index in [1.165, 1.54) is 29.2 Å². The van der Waals surface area contributed by atoms with E-state index < -0.39 is 35.4 Å². The third-order valence-corrected chi connectivity index (χ3v) is 6.93. The zero-order valence-electron chi connectivity index (χ0n) is 22.0. The topological polar surface area (TPSA) is 127 Å². The van der Waals surface area contributed by atoms with E-state index in [0.29, 0.717) is 27.8 Å². The zero-order valence-corrected chi connectivity index (χ0v) is 22.0. The Morgan fingerprint density at radius 1 is 0.952 bits per heavy atom. The highest BCUT2D eigenvalue weighted by Gasteiger charge is 2.44. The maximum atomic E-state index is 13.8. The summed E-state index contributed by atoms with van der Waals surface area (Å²) in [6.45, 7) is 1.48. The number of hydrogen-bond donors (Lipinski definition) is 1. The number of halogens is 3. The van der Waals surface area contributed by atoms with E-state index in [1.807, 2.05) is 0 Å². The molecule has 14 heteroatoms. The van der Waals surface area contributed by atoms with Crippen molar-refractivity contribution in [1.82, 2.24) is 19.6 Å². The Kier molecular flexibility index (Phi) is 6.20. The van der Waals surface area contributed by atoms with Gasteiger partial charge in [0, 0.05) is 18.6 Å². The molecule has 5 aromatic rings. The van der Waals surface area contributed by atoms with Crippen molar-refractivity contribution < 1.29 is 41.5 Å². The van der Waals surface area contributed by atoms with Crippen LogP contribution in [0, 0.1) is 0 Å². The molecule has 6 rings (SSSR count). The number of imide groups is 1. The number of alkyl halides is 3. The van der Waals surface area contributed by atoms with Crippen molar-refractivity contribution in [3.8, 4) is 17.3 Å². The van der Waals surface area contributed by atoms with Gasteiger partial charge in [-0.05, 0) is 42.3 Å². The molecular weight excluding hydrogens is 561 g/mol. The largest absolute Gasteiger partial charge is 0.573 e. The number of alkyl carbamates (subject to hydrolysis) is 1. The second kappa shape index (κ2) is 9.68. The fourth-order valence-electron chi connectivity index (χ4n) is 4.94. The molecule has 1 aliphatic heterocycles. The smallest absolute Gasteiger partial charge is 0.497 e. The molecule has 2 aromatic heterocycles. The van der Waals surface area contributed by atoms with Crippen LogP contribution in [0.5, 0.6) is 11.5 Å². The van der Waals surface area contributed by atoms with Crippen molar-refractivity contribution in [3.63, 3.8) is 0 Å². The average Bonchev–Trinajstić information content (AvgIpc) is 3.54. The highest BCUT2D eigenvalue weighted by atomic mass is 19.4. The van der Waals surface area contributed by atoms with Crippen molar-refractivity contribution in [2.45, 2.75) is 31.9 Å². The first kappa shape index (κ1) is 26.9. The molecule has 0 saturated carbocycles. The summed E-state index contributed by atoms with van der Waals surface area (Å²) in [5, 5.41) is 6.66. The second-order valence-corrected chi connectivity index (χ2v) is 9.84. The van der Waals surface area contributed by atoms with Crippen molar-refractivity contribution in [3.05, 3.63) is 82.3 Å². The Hall–Kier alpha value is -5.27. The number of imidazole rings is 1. The summed E-state index contributed by atoms with van der Waals surface area (Å²) in [5.74, 6) is -0.382. The molecule has 3 heterocycles. The van der Waals surface area contributed by atoms with Crippen LogP contribution in [0.3, 0.4) is 0 Å². The number of amides is 2. The van der Waals surface area contributed by atoms with Crippen LogP contribution in [0.1, 0.15) is 18.1 Å². The number of methoxy groups -OCH3 is 1. The summed E-state index contributed by atoms with van der Waals surface area (Å²) in [7, 11) is 1.49. The fraction of sp³-hybridized carbons (Fsp3) is 0.214. The van der Waals surface area contributed by atoms with E-state index in [-0.39, 0.29) is 29.8 Å². The minimum atomic E-state index is -4.93. The number of ether oxygens (including phenoxy) is 3. The van der Waals surface area contributed by atoms with E-state index >= 15 is 0 Å². The Morgan fingerprint density at radius 2 is 1.67 bits per heavy atom. The van der Waals surface area contributed by atoms with Crippen LogP contribution in [0.15, 0.2) is 70.0 Å². The molecule has 1 saturated heterocycles. The highest BCUT2D eigenvalue weighted by molar-refractivity contribution is 6.02. The predicted octanol–water partition coefficient (Wildman–Crippen LogP) is 4.46. The SMILES string of the molecule is COc1ccc2c(-n3c(=O)n(Cc4ccc(C[C@]5(C)OC(=O)NC5=O)cc4)c4cc(OC(F)(F)F)ccc43)noc2c1. The molecule has 1 atom stereocenters. The van der Waals surface area contributed by atoms with Crippen LogP contribution >= 0.6 is 0 Å². The van der Waals surface area contributed by atoms with Crippen LogP contribution in [0.2, 0.25) is 0 Å². The number of nitrogens with one attached hydrogen (secondary N) is 1. The lowest BCUT2D eigenvalue weighted by atomic mass is 9.95. The summed E-state index contributed by atoms with van der Waals surface area (Å²) in [6, 6.07) is 15.4. The van der Waals surface area contributed by atoms with Gasteiger partial charge in [0.2, 0.25) is 0 Å². The molecular formula is C28H21F3N4O7. The molecule has 0 unspecified atom stereocenters. The first-order chi connectivity index (χ1) is 19.9. The summed E-state index contributed by atoms with van der Waals surface area (Å²) in [5.41, 5.74) is 0.173. The van der Waals surface area contributed by atoms with Gasteiger partial charge in [0.05, 0.1) is 30.1 Å². The van der Waals surface area contributed by atoms with Gasteiger partial charge in [-0.3, -0.25) is 14.7 Å². The molecule has 0 bridgehead atoms. The third-order valence-electron chi connectivity index (χ3n) is 6.93. The number of hydrogen-bond acceptors (Lipinski definition) is 8. The van der Waals surface area contributed by atoms with Crippen molar-refractivity contribution in [2.75, 3.05) is 7.11 Å². The van der Waals surface area contributed by atoms with Gasteiger partial charge in [0.25, 0.3) is 5.91 Å². The zero-order chi connectivity index (χ0) is 29.8. The van der Waals surface area contributed by atoms with Gasteiger partial charge in [0.15, 0.2) is 17.0 Å². The Balaban J connectivity index is 1.41. The molecule has 0 radical (unpaired) electrons. The van der Waals surface area contributed by atoms with Crippen molar-refractivity contribution in [1.29, 1.82) is 0 Å². The number of carbonyl (C=O) groups is 2. The van der Waals surface area contributed by atoms with Gasteiger partial charge in [-0.2, -0.15) is 0 Å². The molecule has 0 spiro atoms. The molecule has 216 valence electrons. The minimum absolute atomic E-state index is 0.0194. The molecule has 2 amide bonds. The molecule has 3 aromatic carbocycles. The van der Waals surface area contributed by atoms with Gasteiger partial charge in [-0.25, -0.2) is 14.2 Å². The maximum absolute atomic E-state index is 13.8. The minimum Gasteiger partial charge on any atom is -0.497 e. The summed E-state index contributed by atoms with van der Waals surface area (Å²) < 4.78 is 61.4. The van der Waals surface area contributed by atoms with Crippen LogP contribution in [0.25, 0.3) is 27.8 Å². The number of fused-ring (bicyclic) bond motifs is 2. The number of nitrogens with zero attached hydrogens (tertiary/aromatic N) is 3. The second-order valence-electron chi connectivity index (χ2n) is 9.84. The monoisotopic (exact) mass is 582 g/mol. The fourth-order valence-corrected chi connectivity index (χ4v) is 4.94. The number of rotatable bonds is 7. The van der Waals surface area contributed by atoms with Crippen molar-refractivity contribution >= 4 is 34.0 Å². The van der Waals surface area contributed by atoms with Gasteiger partial charge < -0.3 is 18.7 Å². The molecule has 0 aliphatic carbocycles. The number of carbonyl (C=O) groups excluding carboxylic acids is 2. The summed E-state index contributed by atoms with van der Waals surface area (Å²) in [6.07, 6.45) is -5.63. The van der Waals surface area contributed by atoms with E-state index in [0.717, 1.165) is 12.1 Å². The summed E-state index contributed by atoms with van der Waals surface area (Å²) in [4.78, 5) is 37.4. The van der Waals surface area contributed by atoms with Crippen molar-refractivity contribution in [2.24, 2.45) is 0 Å². The first-order valence-corrected chi connectivity index (χ1v) is 12.5. The normalized spacial score (nSPS) is 17.1. The van der Waals surface area contributed by atoms with E-state index in [9.17, 15) is 27.6 Å². The molecule has 1 N–H and O–H groups in total. The lowest BCUT2D eigenvalue weighted by molar-refractivity contribution is -0.274. The third kappa shape index (κ3) is 4.80. The number of aromatic nitrogens is 3. The Morgan fingerprint density at radius 3 is 2.33 bits per heavy atom. The Bertz CT molecular complexity index is 1920. The van der Waals surface area contributed by atoms with Gasteiger partial charge in [-0.1, -0.05) is 29.4 Å². The highest BCUT2D eigenvalue weighted by Crippen LogP contribution is 2.31. The molecule has 1 aliphatic rings. The van der Waals surface area contributed by atoms with Crippen LogP contribution < -0.4 is 20.5 Å². The average molecular weight is 582 g/mol. The van der Waals surface area contributed by atoms with Crippen LogP contribution in [-0.2, 0) is 22.5 Å². The van der Waals surface area contributed by atoms with Gasteiger partial charge in [0.1, 0.15) is 11.5 Å². The van der Waals surface area contributed by atoms with E-state index in [2.05, 4.69) is 15.2 Å². The number of benzene rings is 3. The van der Waals surface area contributed by atoms with Gasteiger partial charge in [-0.15, -0.1) is 13.2 Å². The first-order valence-electron chi connectivity index (χ1n) is 12.5. The van der Waals surface area contributed by atoms with E-state index in [4.69, 9.17) is 14.0 Å². The van der Waals surface area contributed by atoms with Crippen LogP contribution in [0.4, 0.5) is 18.0 Å². The quantitative estimate of drug-likeness (QED) is 0.298. The predicted molar refractivity (Wildman–Crippen MR) is 141 cm³/mol.